The molecule has 0 bridgehead atoms. The van der Waals surface area contributed by atoms with Crippen LogP contribution in [0.3, 0.4) is 0 Å². The third kappa shape index (κ3) is 4.09. The Morgan fingerprint density at radius 2 is 1.92 bits per heavy atom. The van der Waals surface area contributed by atoms with E-state index in [9.17, 15) is 4.79 Å². The first-order valence-electron chi connectivity index (χ1n) is 8.79. The minimum absolute atomic E-state index is 0.0504. The van der Waals surface area contributed by atoms with Crippen LogP contribution in [0.4, 0.5) is 0 Å². The van der Waals surface area contributed by atoms with Gasteiger partial charge < -0.3 is 15.5 Å². The van der Waals surface area contributed by atoms with E-state index in [2.05, 4.69) is 55.1 Å². The molecule has 0 saturated carbocycles. The number of rotatable bonds is 5. The van der Waals surface area contributed by atoms with E-state index in [1.165, 1.54) is 0 Å². The topological polar surface area (TPSA) is 56.7 Å². The van der Waals surface area contributed by atoms with Gasteiger partial charge in [0.05, 0.1) is 17.1 Å². The lowest BCUT2D eigenvalue weighted by molar-refractivity contribution is -0.0667. The van der Waals surface area contributed by atoms with Crippen LogP contribution in [0.25, 0.3) is 0 Å². The van der Waals surface area contributed by atoms with E-state index >= 15 is 0 Å². The summed E-state index contributed by atoms with van der Waals surface area (Å²) in [7, 11) is 0. The lowest BCUT2D eigenvalue weighted by Crippen LogP contribution is -2.72. The minimum Gasteiger partial charge on any atom is -0.356 e. The van der Waals surface area contributed by atoms with Gasteiger partial charge in [0.25, 0.3) is 5.91 Å². The summed E-state index contributed by atoms with van der Waals surface area (Å²) in [6, 6.07) is 7.04. The molecule has 6 heteroatoms. The van der Waals surface area contributed by atoms with Crippen LogP contribution in [0, 0.1) is 5.41 Å². The molecule has 0 radical (unpaired) electrons. The van der Waals surface area contributed by atoms with Gasteiger partial charge in [0, 0.05) is 30.6 Å². The summed E-state index contributed by atoms with van der Waals surface area (Å²) in [5.41, 5.74) is 0.793. The van der Waals surface area contributed by atoms with Gasteiger partial charge in [-0.1, -0.05) is 37.6 Å². The first-order chi connectivity index (χ1) is 11.7. The molecule has 2 N–H and O–H groups in total. The second kappa shape index (κ2) is 7.65. The molecule has 25 heavy (non-hydrogen) atoms. The zero-order valence-corrected chi connectivity index (χ0v) is 16.6. The monoisotopic (exact) mass is 364 g/mol. The number of benzene rings is 1. The zero-order valence-electron chi connectivity index (χ0n) is 15.8. The van der Waals surface area contributed by atoms with Crippen molar-refractivity contribution in [3.05, 3.63) is 34.9 Å². The lowest BCUT2D eigenvalue weighted by atomic mass is 9.65. The molecule has 1 saturated heterocycles. The van der Waals surface area contributed by atoms with Crippen molar-refractivity contribution in [2.45, 2.75) is 40.2 Å². The van der Waals surface area contributed by atoms with E-state index in [0.717, 1.165) is 19.0 Å². The highest BCUT2D eigenvalue weighted by Crippen LogP contribution is 2.46. The number of carbonyl (C=O) groups excluding carboxylic acids is 1. The standard InChI is InChI=1S/C19H29ClN4O/c1-6-21-17(24-13-18(2,3)19(24,4)5)23-12-11-22-16(25)14-9-7-8-10-15(14)20/h7-10H,6,11-13H2,1-5H3,(H,21,23)(H,22,25). The smallest absolute Gasteiger partial charge is 0.252 e. The van der Waals surface area contributed by atoms with E-state index in [1.54, 1.807) is 18.2 Å². The summed E-state index contributed by atoms with van der Waals surface area (Å²) in [5.74, 6) is 0.732. The van der Waals surface area contributed by atoms with E-state index in [0.29, 0.717) is 23.7 Å². The fraction of sp³-hybridized carbons (Fsp3) is 0.579. The van der Waals surface area contributed by atoms with Crippen LogP contribution in [0.15, 0.2) is 29.3 Å². The Balaban J connectivity index is 1.93. The molecule has 1 aliphatic heterocycles. The molecule has 1 heterocycles. The van der Waals surface area contributed by atoms with Crippen LogP contribution < -0.4 is 10.6 Å². The number of hydrogen-bond acceptors (Lipinski definition) is 2. The summed E-state index contributed by atoms with van der Waals surface area (Å²) in [6.07, 6.45) is 0. The van der Waals surface area contributed by atoms with Gasteiger partial charge in [-0.15, -0.1) is 0 Å². The van der Waals surface area contributed by atoms with Crippen molar-refractivity contribution in [3.8, 4) is 0 Å². The van der Waals surface area contributed by atoms with E-state index in [-0.39, 0.29) is 16.9 Å². The maximum atomic E-state index is 12.2. The van der Waals surface area contributed by atoms with Crippen LogP contribution >= 0.6 is 11.6 Å². The minimum atomic E-state index is -0.170. The van der Waals surface area contributed by atoms with Crippen molar-refractivity contribution in [1.82, 2.24) is 15.5 Å². The van der Waals surface area contributed by atoms with Crippen molar-refractivity contribution in [2.24, 2.45) is 10.4 Å². The maximum Gasteiger partial charge on any atom is 0.252 e. The average Bonchev–Trinajstić information content (AvgIpc) is 2.56. The second-order valence-corrected chi connectivity index (χ2v) is 7.91. The van der Waals surface area contributed by atoms with Crippen molar-refractivity contribution in [1.29, 1.82) is 0 Å². The highest BCUT2D eigenvalue weighted by Gasteiger charge is 2.53. The molecule has 138 valence electrons. The van der Waals surface area contributed by atoms with Crippen molar-refractivity contribution >= 4 is 23.5 Å². The normalized spacial score (nSPS) is 18.5. The first-order valence-corrected chi connectivity index (χ1v) is 9.17. The van der Waals surface area contributed by atoms with Gasteiger partial charge in [-0.2, -0.15) is 0 Å². The van der Waals surface area contributed by atoms with Gasteiger partial charge in [0.2, 0.25) is 0 Å². The van der Waals surface area contributed by atoms with Gasteiger partial charge in [-0.3, -0.25) is 9.79 Å². The third-order valence-corrected chi connectivity index (χ3v) is 5.58. The quantitative estimate of drug-likeness (QED) is 0.479. The molecule has 2 rings (SSSR count). The Bertz CT molecular complexity index is 655. The molecule has 1 amide bonds. The molecule has 0 unspecified atom stereocenters. The molecule has 1 fully saturated rings. The fourth-order valence-electron chi connectivity index (χ4n) is 2.87. The molecular weight excluding hydrogens is 336 g/mol. The number of carbonyl (C=O) groups is 1. The van der Waals surface area contributed by atoms with Gasteiger partial charge in [-0.05, 0) is 32.9 Å². The molecule has 0 aliphatic carbocycles. The van der Waals surface area contributed by atoms with Crippen LogP contribution in [-0.4, -0.2) is 48.5 Å². The van der Waals surface area contributed by atoms with Crippen LogP contribution in [0.5, 0.6) is 0 Å². The summed E-state index contributed by atoms with van der Waals surface area (Å²) in [6.45, 7) is 13.9. The molecule has 0 spiro atoms. The Kier molecular flexibility index (Phi) is 5.99. The lowest BCUT2D eigenvalue weighted by Gasteiger charge is -2.62. The summed E-state index contributed by atoms with van der Waals surface area (Å²) in [5, 5.41) is 6.68. The molecule has 1 aromatic carbocycles. The number of guanidine groups is 1. The van der Waals surface area contributed by atoms with E-state index in [1.807, 2.05) is 6.07 Å². The highest BCUT2D eigenvalue weighted by molar-refractivity contribution is 6.33. The Morgan fingerprint density at radius 3 is 2.48 bits per heavy atom. The Hall–Kier alpha value is -1.75. The maximum absolute atomic E-state index is 12.2. The number of hydrogen-bond donors (Lipinski definition) is 2. The zero-order chi connectivity index (χ0) is 18.7. The molecule has 1 aromatic rings. The third-order valence-electron chi connectivity index (χ3n) is 5.25. The molecule has 0 atom stereocenters. The number of halogens is 1. The fourth-order valence-corrected chi connectivity index (χ4v) is 3.09. The number of aliphatic imine (C=N–C) groups is 1. The predicted molar refractivity (Wildman–Crippen MR) is 104 cm³/mol. The van der Waals surface area contributed by atoms with Crippen LogP contribution in [-0.2, 0) is 0 Å². The summed E-state index contributed by atoms with van der Waals surface area (Å²) in [4.78, 5) is 19.1. The van der Waals surface area contributed by atoms with Gasteiger partial charge in [0.1, 0.15) is 0 Å². The average molecular weight is 365 g/mol. The largest absolute Gasteiger partial charge is 0.356 e. The molecular formula is C19H29ClN4O. The van der Waals surface area contributed by atoms with Crippen LogP contribution in [0.1, 0.15) is 45.0 Å². The van der Waals surface area contributed by atoms with Crippen molar-refractivity contribution in [3.63, 3.8) is 0 Å². The van der Waals surface area contributed by atoms with Gasteiger partial charge in [0.15, 0.2) is 5.96 Å². The SMILES string of the molecule is CCNC(=NCCNC(=O)c1ccccc1Cl)N1CC(C)(C)C1(C)C. The van der Waals surface area contributed by atoms with Gasteiger partial charge >= 0.3 is 0 Å². The first kappa shape index (κ1) is 19.6. The predicted octanol–water partition coefficient (Wildman–Crippen LogP) is 3.16. The number of nitrogens with one attached hydrogen (secondary N) is 2. The number of nitrogens with zero attached hydrogens (tertiary/aromatic N) is 2. The molecule has 5 nitrogen and oxygen atoms in total. The van der Waals surface area contributed by atoms with Crippen molar-refractivity contribution in [2.75, 3.05) is 26.2 Å². The Labute approximate surface area is 155 Å². The second-order valence-electron chi connectivity index (χ2n) is 7.50. The van der Waals surface area contributed by atoms with Crippen molar-refractivity contribution < 1.29 is 4.79 Å². The number of amides is 1. The molecule has 0 aromatic heterocycles. The van der Waals surface area contributed by atoms with E-state index in [4.69, 9.17) is 11.6 Å². The van der Waals surface area contributed by atoms with Gasteiger partial charge in [-0.25, -0.2) is 0 Å². The Morgan fingerprint density at radius 1 is 1.24 bits per heavy atom. The number of likely N-dealkylation sites (tertiary alicyclic amines) is 1. The van der Waals surface area contributed by atoms with E-state index < -0.39 is 0 Å². The summed E-state index contributed by atoms with van der Waals surface area (Å²) < 4.78 is 0. The molecule has 1 aliphatic rings. The summed E-state index contributed by atoms with van der Waals surface area (Å²) >= 11 is 6.04. The highest BCUT2D eigenvalue weighted by atomic mass is 35.5. The van der Waals surface area contributed by atoms with Crippen LogP contribution in [0.2, 0.25) is 5.02 Å².